The van der Waals surface area contributed by atoms with Crippen molar-refractivity contribution in [2.24, 2.45) is 0 Å². The van der Waals surface area contributed by atoms with Crippen molar-refractivity contribution < 1.29 is 14.5 Å². The van der Waals surface area contributed by atoms with E-state index in [4.69, 9.17) is 0 Å². The number of carbonyl (C=O) groups is 2. The van der Waals surface area contributed by atoms with E-state index in [0.717, 1.165) is 17.9 Å². The average Bonchev–Trinajstić information content (AvgIpc) is 2.45. The summed E-state index contributed by atoms with van der Waals surface area (Å²) in [6.45, 7) is 7.09. The second-order valence-corrected chi connectivity index (χ2v) is 5.98. The first-order valence-corrected chi connectivity index (χ1v) is 7.85. The van der Waals surface area contributed by atoms with Crippen molar-refractivity contribution >= 4 is 11.8 Å². The number of amides is 2. The number of likely N-dealkylation sites (N-methyl/N-ethyl adjacent to an activating group) is 1. The third-order valence-corrected chi connectivity index (χ3v) is 3.30. The summed E-state index contributed by atoms with van der Waals surface area (Å²) in [7, 11) is 1.97. The van der Waals surface area contributed by atoms with Gasteiger partial charge in [0.1, 0.15) is 6.54 Å². The molecule has 1 aromatic rings. The summed E-state index contributed by atoms with van der Waals surface area (Å²) >= 11 is 0. The summed E-state index contributed by atoms with van der Waals surface area (Å²) in [5.41, 5.74) is 2.52. The fraction of sp³-hybridized carbons (Fsp3) is 0.529. The summed E-state index contributed by atoms with van der Waals surface area (Å²) in [5, 5.41) is 5.39. The fourth-order valence-electron chi connectivity index (χ4n) is 2.19. The van der Waals surface area contributed by atoms with E-state index in [1.165, 1.54) is 11.1 Å². The number of quaternary nitrogens is 1. The van der Waals surface area contributed by atoms with E-state index in [9.17, 15) is 9.59 Å². The molecular weight excluding hydrogens is 278 g/mol. The van der Waals surface area contributed by atoms with Crippen LogP contribution in [0.5, 0.6) is 0 Å². The topological polar surface area (TPSA) is 62.6 Å². The van der Waals surface area contributed by atoms with Crippen molar-refractivity contribution in [3.05, 3.63) is 35.4 Å². The number of carbonyl (C=O) groups excluding carboxylic acids is 2. The maximum absolute atomic E-state index is 11.8. The lowest BCUT2D eigenvalue weighted by Gasteiger charge is -2.14. The summed E-state index contributed by atoms with van der Waals surface area (Å²) in [4.78, 5) is 24.4. The molecular formula is C17H28N3O2+. The number of nitrogens with one attached hydrogen (secondary N) is 3. The SMILES string of the molecule is CCc1ccc(C[NH+](C)CC(=O)NCC(=O)NC(C)C)cc1. The molecule has 122 valence electrons. The van der Waals surface area contributed by atoms with Crippen molar-refractivity contribution in [2.75, 3.05) is 20.1 Å². The summed E-state index contributed by atoms with van der Waals surface area (Å²) in [5.74, 6) is -0.266. The van der Waals surface area contributed by atoms with Crippen LogP contribution < -0.4 is 15.5 Å². The first-order chi connectivity index (χ1) is 10.4. The van der Waals surface area contributed by atoms with Gasteiger partial charge in [-0.3, -0.25) is 9.59 Å². The summed E-state index contributed by atoms with van der Waals surface area (Å²) in [6.07, 6.45) is 1.03. The fourth-order valence-corrected chi connectivity index (χ4v) is 2.19. The first-order valence-electron chi connectivity index (χ1n) is 7.85. The normalized spacial score (nSPS) is 12.0. The molecule has 0 saturated carbocycles. The van der Waals surface area contributed by atoms with E-state index in [1.807, 2.05) is 20.9 Å². The third-order valence-electron chi connectivity index (χ3n) is 3.30. The van der Waals surface area contributed by atoms with Crippen LogP contribution in [-0.4, -0.2) is 38.0 Å². The highest BCUT2D eigenvalue weighted by molar-refractivity contribution is 5.85. The van der Waals surface area contributed by atoms with Crippen molar-refractivity contribution in [3.8, 4) is 0 Å². The molecule has 5 heteroatoms. The zero-order chi connectivity index (χ0) is 16.5. The van der Waals surface area contributed by atoms with Crippen LogP contribution in [0.2, 0.25) is 0 Å². The van der Waals surface area contributed by atoms with E-state index in [2.05, 4.69) is 41.8 Å². The zero-order valence-electron chi connectivity index (χ0n) is 14.0. The Morgan fingerprint density at radius 1 is 1.09 bits per heavy atom. The Morgan fingerprint density at radius 2 is 1.68 bits per heavy atom. The Bertz CT molecular complexity index is 483. The van der Waals surface area contributed by atoms with Gasteiger partial charge < -0.3 is 15.5 Å². The van der Waals surface area contributed by atoms with Crippen molar-refractivity contribution in [3.63, 3.8) is 0 Å². The minimum Gasteiger partial charge on any atom is -0.352 e. The molecule has 1 unspecified atom stereocenters. The Kier molecular flexibility index (Phi) is 7.60. The molecule has 0 saturated heterocycles. The van der Waals surface area contributed by atoms with Gasteiger partial charge in [-0.15, -0.1) is 0 Å². The highest BCUT2D eigenvalue weighted by atomic mass is 16.2. The molecule has 0 heterocycles. The molecule has 0 fully saturated rings. The van der Waals surface area contributed by atoms with Crippen LogP contribution in [-0.2, 0) is 22.6 Å². The highest BCUT2D eigenvalue weighted by Gasteiger charge is 2.12. The molecule has 0 spiro atoms. The minimum absolute atomic E-state index is 0.0372. The van der Waals surface area contributed by atoms with Gasteiger partial charge in [-0.25, -0.2) is 0 Å². The molecule has 0 aliphatic carbocycles. The largest absolute Gasteiger partial charge is 0.352 e. The van der Waals surface area contributed by atoms with Gasteiger partial charge in [-0.1, -0.05) is 31.2 Å². The van der Waals surface area contributed by atoms with Crippen LogP contribution in [0.1, 0.15) is 31.9 Å². The van der Waals surface area contributed by atoms with Gasteiger partial charge in [-0.2, -0.15) is 0 Å². The Labute approximate surface area is 133 Å². The first kappa shape index (κ1) is 18.2. The number of rotatable bonds is 8. The predicted molar refractivity (Wildman–Crippen MR) is 87.6 cm³/mol. The molecule has 0 aromatic heterocycles. The van der Waals surface area contributed by atoms with Gasteiger partial charge in [0.15, 0.2) is 6.54 Å². The van der Waals surface area contributed by atoms with E-state index in [0.29, 0.717) is 6.54 Å². The number of benzene rings is 1. The van der Waals surface area contributed by atoms with Crippen LogP contribution in [0.3, 0.4) is 0 Å². The van der Waals surface area contributed by atoms with E-state index < -0.39 is 0 Å². The maximum atomic E-state index is 11.8. The zero-order valence-corrected chi connectivity index (χ0v) is 14.0. The van der Waals surface area contributed by atoms with Gasteiger partial charge in [-0.05, 0) is 25.8 Å². The number of hydrogen-bond donors (Lipinski definition) is 3. The van der Waals surface area contributed by atoms with Gasteiger partial charge >= 0.3 is 0 Å². The Hall–Kier alpha value is -1.88. The molecule has 0 aliphatic rings. The maximum Gasteiger partial charge on any atom is 0.275 e. The van der Waals surface area contributed by atoms with Crippen LogP contribution in [0.4, 0.5) is 0 Å². The molecule has 5 nitrogen and oxygen atoms in total. The molecule has 2 amide bonds. The van der Waals surface area contributed by atoms with E-state index >= 15 is 0 Å². The summed E-state index contributed by atoms with van der Waals surface area (Å²) < 4.78 is 0. The van der Waals surface area contributed by atoms with Crippen molar-refractivity contribution in [1.29, 1.82) is 0 Å². The molecule has 22 heavy (non-hydrogen) atoms. The average molecular weight is 306 g/mol. The van der Waals surface area contributed by atoms with E-state index in [1.54, 1.807) is 0 Å². The molecule has 0 aliphatic heterocycles. The van der Waals surface area contributed by atoms with Crippen LogP contribution in [0, 0.1) is 0 Å². The number of aryl methyl sites for hydroxylation is 1. The molecule has 0 radical (unpaired) electrons. The highest BCUT2D eigenvalue weighted by Crippen LogP contribution is 2.03. The molecule has 1 atom stereocenters. The molecule has 3 N–H and O–H groups in total. The van der Waals surface area contributed by atoms with E-state index in [-0.39, 0.29) is 24.4 Å². The Morgan fingerprint density at radius 3 is 2.23 bits per heavy atom. The van der Waals surface area contributed by atoms with Crippen LogP contribution >= 0.6 is 0 Å². The minimum atomic E-state index is -0.156. The summed E-state index contributed by atoms with van der Waals surface area (Å²) in [6, 6.07) is 8.55. The smallest absolute Gasteiger partial charge is 0.275 e. The van der Waals surface area contributed by atoms with Gasteiger partial charge in [0.05, 0.1) is 13.6 Å². The lowest BCUT2D eigenvalue weighted by atomic mass is 10.1. The predicted octanol–water partition coefficient (Wildman–Crippen LogP) is -0.0955. The second-order valence-electron chi connectivity index (χ2n) is 5.98. The van der Waals surface area contributed by atoms with Gasteiger partial charge in [0, 0.05) is 11.6 Å². The second kappa shape index (κ2) is 9.20. The standard InChI is InChI=1S/C17H27N3O2/c1-5-14-6-8-15(9-7-14)11-20(4)12-17(22)18-10-16(21)19-13(2)3/h6-9,13H,5,10-12H2,1-4H3,(H,18,22)(H,19,21)/p+1. The monoisotopic (exact) mass is 306 g/mol. The van der Waals surface area contributed by atoms with Crippen molar-refractivity contribution in [1.82, 2.24) is 10.6 Å². The molecule has 0 bridgehead atoms. The van der Waals surface area contributed by atoms with Gasteiger partial charge in [0.25, 0.3) is 5.91 Å². The van der Waals surface area contributed by atoms with Crippen LogP contribution in [0.25, 0.3) is 0 Å². The quantitative estimate of drug-likeness (QED) is 0.628. The Balaban J connectivity index is 2.32. The van der Waals surface area contributed by atoms with Gasteiger partial charge in [0.2, 0.25) is 5.91 Å². The lowest BCUT2D eigenvalue weighted by Crippen LogP contribution is -3.08. The van der Waals surface area contributed by atoms with Crippen molar-refractivity contribution in [2.45, 2.75) is 39.8 Å². The third kappa shape index (κ3) is 7.22. The van der Waals surface area contributed by atoms with Crippen LogP contribution in [0.15, 0.2) is 24.3 Å². The molecule has 1 rings (SSSR count). The lowest BCUT2D eigenvalue weighted by molar-refractivity contribution is -0.885. The molecule has 1 aromatic carbocycles. The number of hydrogen-bond acceptors (Lipinski definition) is 2.